The molecule has 1 atom stereocenters. The number of amides is 1. The minimum atomic E-state index is -1.11. The molecule has 1 N–H and O–H groups in total. The Hall–Kier alpha value is -2.94. The lowest BCUT2D eigenvalue weighted by Gasteiger charge is -2.30. The molecule has 1 amide bonds. The zero-order valence-corrected chi connectivity index (χ0v) is 18.9. The molecular weight excluding hydrogens is 451 g/mol. The first-order valence-corrected chi connectivity index (χ1v) is 11.1. The van der Waals surface area contributed by atoms with Crippen molar-refractivity contribution in [2.75, 3.05) is 46.5 Å². The standard InChI is InChI=1S/C24H24ClFN2O5/c1-32-19-7-6-15(14-17(19)25)22(29)20-21(16-4-2-3-5-18(16)26)28(24(31)23(20)30)9-8-27-10-12-33-13-11-27/h2-7,14,21,29H,8-13H2,1H3. The van der Waals surface area contributed by atoms with Gasteiger partial charge in [0, 0.05) is 11.1 Å². The van der Waals surface area contributed by atoms with E-state index in [0.717, 1.165) is 13.1 Å². The molecule has 9 heteroatoms. The zero-order chi connectivity index (χ0) is 23.5. The van der Waals surface area contributed by atoms with Gasteiger partial charge in [-0.25, -0.2) is 4.39 Å². The van der Waals surface area contributed by atoms with E-state index >= 15 is 0 Å². The number of benzene rings is 2. The zero-order valence-electron chi connectivity index (χ0n) is 18.1. The first-order valence-electron chi connectivity index (χ1n) is 10.7. The van der Waals surface area contributed by atoms with Gasteiger partial charge in [0.2, 0.25) is 5.78 Å². The average Bonchev–Trinajstić information content (AvgIpc) is 3.08. The van der Waals surface area contributed by atoms with E-state index < -0.39 is 29.3 Å². The van der Waals surface area contributed by atoms with E-state index in [1.54, 1.807) is 6.07 Å². The van der Waals surface area contributed by atoms with E-state index in [-0.39, 0.29) is 28.3 Å². The normalized spacial score (nSPS) is 20.9. The molecule has 2 aliphatic heterocycles. The molecule has 0 bridgehead atoms. The quantitative estimate of drug-likeness (QED) is 0.377. The maximum absolute atomic E-state index is 14.8. The molecule has 0 aromatic heterocycles. The summed E-state index contributed by atoms with van der Waals surface area (Å²) in [5.74, 6) is -2.61. The average molecular weight is 475 g/mol. The number of Topliss-reactive ketones (excluding diaryl/α,β-unsaturated/α-hetero) is 1. The number of ether oxygens (including phenoxy) is 2. The number of morpholine rings is 1. The summed E-state index contributed by atoms with van der Waals surface area (Å²) >= 11 is 6.17. The van der Waals surface area contributed by atoms with Gasteiger partial charge < -0.3 is 24.4 Å². The third-order valence-corrected chi connectivity index (χ3v) is 6.34. The maximum atomic E-state index is 14.8. The van der Waals surface area contributed by atoms with Crippen LogP contribution in [0.25, 0.3) is 5.76 Å². The predicted octanol–water partition coefficient (Wildman–Crippen LogP) is 0.627. The fourth-order valence-electron chi connectivity index (χ4n) is 4.27. The van der Waals surface area contributed by atoms with Gasteiger partial charge in [0.05, 0.1) is 44.5 Å². The lowest BCUT2D eigenvalue weighted by molar-refractivity contribution is -0.907. The first-order chi connectivity index (χ1) is 15.9. The second-order valence-electron chi connectivity index (χ2n) is 7.96. The number of carbonyl (C=O) groups is 2. The van der Waals surface area contributed by atoms with Crippen LogP contribution in [0.2, 0.25) is 5.02 Å². The Morgan fingerprint density at radius 3 is 2.64 bits per heavy atom. The second kappa shape index (κ2) is 9.91. The molecule has 4 rings (SSSR count). The van der Waals surface area contributed by atoms with Crippen LogP contribution in [-0.2, 0) is 14.3 Å². The van der Waals surface area contributed by atoms with Crippen LogP contribution in [0.15, 0.2) is 48.0 Å². The van der Waals surface area contributed by atoms with Crippen LogP contribution in [-0.4, -0.2) is 63.1 Å². The number of quaternary nitrogens is 1. The number of likely N-dealkylation sites (tertiary alicyclic amines) is 1. The molecule has 33 heavy (non-hydrogen) atoms. The van der Waals surface area contributed by atoms with Gasteiger partial charge in [-0.05, 0) is 23.8 Å². The molecule has 0 aliphatic carbocycles. The Labute approximate surface area is 195 Å². The van der Waals surface area contributed by atoms with Crippen molar-refractivity contribution in [2.24, 2.45) is 0 Å². The largest absolute Gasteiger partial charge is 0.872 e. The van der Waals surface area contributed by atoms with E-state index in [0.29, 0.717) is 25.5 Å². The summed E-state index contributed by atoms with van der Waals surface area (Å²) in [6.45, 7) is 3.56. The Morgan fingerprint density at radius 1 is 1.24 bits per heavy atom. The molecule has 2 aromatic carbocycles. The highest BCUT2D eigenvalue weighted by molar-refractivity contribution is 6.46. The van der Waals surface area contributed by atoms with Crippen LogP contribution in [0, 0.1) is 5.82 Å². The number of rotatable bonds is 6. The van der Waals surface area contributed by atoms with Gasteiger partial charge in [-0.2, -0.15) is 0 Å². The number of ketones is 1. The van der Waals surface area contributed by atoms with Gasteiger partial charge in [0.25, 0.3) is 5.91 Å². The smallest absolute Gasteiger partial charge is 0.295 e. The van der Waals surface area contributed by atoms with Crippen LogP contribution in [0.1, 0.15) is 17.2 Å². The molecule has 0 spiro atoms. The summed E-state index contributed by atoms with van der Waals surface area (Å²) in [6.07, 6.45) is 0. The van der Waals surface area contributed by atoms with Gasteiger partial charge >= 0.3 is 0 Å². The fourth-order valence-corrected chi connectivity index (χ4v) is 4.53. The Kier molecular flexibility index (Phi) is 6.97. The number of nitrogens with one attached hydrogen (secondary N) is 1. The van der Waals surface area contributed by atoms with Crippen molar-refractivity contribution in [3.63, 3.8) is 0 Å². The van der Waals surface area contributed by atoms with E-state index in [9.17, 15) is 19.1 Å². The van der Waals surface area contributed by atoms with Gasteiger partial charge in [0.1, 0.15) is 24.7 Å². The molecule has 174 valence electrons. The second-order valence-corrected chi connectivity index (χ2v) is 8.36. The number of halogens is 2. The molecule has 2 saturated heterocycles. The van der Waals surface area contributed by atoms with Gasteiger partial charge in [-0.15, -0.1) is 0 Å². The molecule has 7 nitrogen and oxygen atoms in total. The van der Waals surface area contributed by atoms with Crippen molar-refractivity contribution < 1.29 is 33.5 Å². The Balaban J connectivity index is 1.76. The summed E-state index contributed by atoms with van der Waals surface area (Å²) in [6, 6.07) is 9.13. The van der Waals surface area contributed by atoms with Crippen molar-refractivity contribution in [1.82, 2.24) is 4.90 Å². The highest BCUT2D eigenvalue weighted by atomic mass is 35.5. The van der Waals surface area contributed by atoms with Crippen LogP contribution in [0.4, 0.5) is 4.39 Å². The number of carbonyl (C=O) groups excluding carboxylic acids is 2. The minimum Gasteiger partial charge on any atom is -0.872 e. The van der Waals surface area contributed by atoms with Gasteiger partial charge in [-0.3, -0.25) is 9.59 Å². The van der Waals surface area contributed by atoms with E-state index in [2.05, 4.69) is 0 Å². The fraction of sp³-hybridized carbons (Fsp3) is 0.333. The van der Waals surface area contributed by atoms with Crippen LogP contribution in [0.3, 0.4) is 0 Å². The lowest BCUT2D eigenvalue weighted by Crippen LogP contribution is -3.14. The van der Waals surface area contributed by atoms with Gasteiger partial charge in [-0.1, -0.05) is 41.6 Å². The Bertz CT molecular complexity index is 1100. The van der Waals surface area contributed by atoms with Crippen LogP contribution < -0.4 is 14.7 Å². The topological polar surface area (TPSA) is 83.3 Å². The highest BCUT2D eigenvalue weighted by Crippen LogP contribution is 2.40. The first kappa shape index (κ1) is 23.2. The molecule has 0 saturated carbocycles. The van der Waals surface area contributed by atoms with E-state index in [1.165, 1.54) is 53.3 Å². The van der Waals surface area contributed by atoms with Crippen LogP contribution >= 0.6 is 11.6 Å². The highest BCUT2D eigenvalue weighted by Gasteiger charge is 2.45. The molecular formula is C24H24ClFN2O5. The summed E-state index contributed by atoms with van der Waals surface area (Å²) < 4.78 is 25.3. The molecule has 2 aromatic rings. The molecule has 2 aliphatic rings. The van der Waals surface area contributed by atoms with Crippen molar-refractivity contribution in [3.05, 3.63) is 70.0 Å². The number of methoxy groups -OCH3 is 1. The monoisotopic (exact) mass is 474 g/mol. The molecule has 2 heterocycles. The van der Waals surface area contributed by atoms with E-state index in [1.807, 2.05) is 0 Å². The van der Waals surface area contributed by atoms with Crippen molar-refractivity contribution in [2.45, 2.75) is 6.04 Å². The number of hydrogen-bond donors (Lipinski definition) is 1. The molecule has 0 radical (unpaired) electrons. The molecule has 2 fully saturated rings. The van der Waals surface area contributed by atoms with E-state index in [4.69, 9.17) is 21.1 Å². The summed E-state index contributed by atoms with van der Waals surface area (Å²) in [5, 5.41) is 13.6. The number of hydrogen-bond acceptors (Lipinski definition) is 5. The third-order valence-electron chi connectivity index (χ3n) is 6.05. The lowest BCUT2D eigenvalue weighted by atomic mass is 9.95. The van der Waals surface area contributed by atoms with Crippen molar-refractivity contribution in [1.29, 1.82) is 0 Å². The maximum Gasteiger partial charge on any atom is 0.295 e. The summed E-state index contributed by atoms with van der Waals surface area (Å²) in [4.78, 5) is 28.5. The minimum absolute atomic E-state index is 0.108. The molecule has 1 unspecified atom stereocenters. The number of nitrogens with zero attached hydrogens (tertiary/aromatic N) is 1. The Morgan fingerprint density at radius 2 is 1.97 bits per heavy atom. The van der Waals surface area contributed by atoms with Gasteiger partial charge in [0.15, 0.2) is 0 Å². The summed E-state index contributed by atoms with van der Waals surface area (Å²) in [5.41, 5.74) is -0.0427. The predicted molar refractivity (Wildman–Crippen MR) is 117 cm³/mol. The van der Waals surface area contributed by atoms with Crippen molar-refractivity contribution >= 4 is 29.1 Å². The van der Waals surface area contributed by atoms with Crippen molar-refractivity contribution in [3.8, 4) is 5.75 Å². The SMILES string of the molecule is COc1ccc(C([O-])=C2C(=O)C(=O)N(CC[NH+]3CCOCC3)C2c2ccccc2F)cc1Cl. The third kappa shape index (κ3) is 4.59. The van der Waals surface area contributed by atoms with Crippen LogP contribution in [0.5, 0.6) is 5.75 Å². The summed E-state index contributed by atoms with van der Waals surface area (Å²) in [7, 11) is 1.44.